The van der Waals surface area contributed by atoms with E-state index < -0.39 is 14.9 Å². The molecule has 0 aliphatic carbocycles. The summed E-state index contributed by atoms with van der Waals surface area (Å²) in [6, 6.07) is 10.7. The van der Waals surface area contributed by atoms with Gasteiger partial charge in [-0.15, -0.1) is 0 Å². The van der Waals surface area contributed by atoms with Gasteiger partial charge in [0.15, 0.2) is 0 Å². The Labute approximate surface area is 154 Å². The topological polar surface area (TPSA) is 50.0 Å². The van der Waals surface area contributed by atoms with Gasteiger partial charge in [-0.05, 0) is 55.4 Å². The zero-order valence-corrected chi connectivity index (χ0v) is 17.0. The summed E-state index contributed by atoms with van der Waals surface area (Å²) in [6.07, 6.45) is 0. The number of nitrogens with one attached hydrogen (secondary N) is 1. The van der Waals surface area contributed by atoms with E-state index in [0.717, 1.165) is 16.0 Å². The van der Waals surface area contributed by atoms with E-state index >= 15 is 0 Å². The summed E-state index contributed by atoms with van der Waals surface area (Å²) >= 11 is 0. The molecular formula is C19H25F2N3OSi. The van der Waals surface area contributed by atoms with Crippen LogP contribution in [0, 0.1) is 18.3 Å². The monoisotopic (exact) mass is 377 g/mol. The Morgan fingerprint density at radius 2 is 1.77 bits per heavy atom. The molecule has 0 bridgehead atoms. The molecule has 2 aromatic rings. The van der Waals surface area contributed by atoms with E-state index in [1.807, 2.05) is 24.3 Å². The van der Waals surface area contributed by atoms with E-state index in [1.165, 1.54) is 6.07 Å². The molecule has 0 saturated carbocycles. The molecule has 0 amide bonds. The predicted octanol–water partition coefficient (Wildman–Crippen LogP) is 6.19. The van der Waals surface area contributed by atoms with Gasteiger partial charge in [0.2, 0.25) is 8.32 Å². The maximum absolute atomic E-state index is 13.1. The average Bonchev–Trinajstić information content (AvgIpc) is 2.84. The van der Waals surface area contributed by atoms with Gasteiger partial charge in [-0.3, -0.25) is 4.57 Å². The molecule has 0 spiro atoms. The summed E-state index contributed by atoms with van der Waals surface area (Å²) in [5.74, 6) is 0.793. The van der Waals surface area contributed by atoms with Gasteiger partial charge in [0.25, 0.3) is 0 Å². The summed E-state index contributed by atoms with van der Waals surface area (Å²) in [5.41, 5.74) is 1.47. The number of aromatic nitrogens is 1. The third kappa shape index (κ3) is 4.07. The summed E-state index contributed by atoms with van der Waals surface area (Å²) in [4.78, 5) is 0. The molecule has 0 saturated heterocycles. The van der Waals surface area contributed by atoms with E-state index in [-0.39, 0.29) is 10.7 Å². The lowest BCUT2D eigenvalue weighted by atomic mass is 10.2. The van der Waals surface area contributed by atoms with Gasteiger partial charge < -0.3 is 9.74 Å². The zero-order chi connectivity index (χ0) is 19.7. The van der Waals surface area contributed by atoms with E-state index in [2.05, 4.69) is 39.2 Å². The Morgan fingerprint density at radius 1 is 1.19 bits per heavy atom. The molecule has 140 valence electrons. The maximum atomic E-state index is 13.1. The van der Waals surface area contributed by atoms with Crippen LogP contribution in [0.2, 0.25) is 18.1 Å². The quantitative estimate of drug-likeness (QED) is 0.632. The molecule has 0 radical (unpaired) electrons. The Balaban J connectivity index is 2.20. The van der Waals surface area contributed by atoms with Crippen LogP contribution in [0.5, 0.6) is 5.75 Å². The number of alkyl halides is 2. The van der Waals surface area contributed by atoms with Crippen LogP contribution in [0.3, 0.4) is 0 Å². The normalized spacial score (nSPS) is 12.2. The van der Waals surface area contributed by atoms with E-state index in [0.29, 0.717) is 11.4 Å². The number of nitriles is 1. The summed E-state index contributed by atoms with van der Waals surface area (Å²) in [5, 5.41) is 12.2. The third-order valence-electron chi connectivity index (χ3n) is 4.91. The van der Waals surface area contributed by atoms with Gasteiger partial charge >= 0.3 is 6.55 Å². The molecule has 0 aliphatic heterocycles. The highest BCUT2D eigenvalue weighted by Gasteiger charge is 2.38. The molecule has 0 aliphatic rings. The average molecular weight is 378 g/mol. The third-order valence-corrected chi connectivity index (χ3v) is 9.27. The van der Waals surface area contributed by atoms with Crippen molar-refractivity contribution in [3.63, 3.8) is 0 Å². The van der Waals surface area contributed by atoms with Crippen LogP contribution in [-0.2, 0) is 0 Å². The van der Waals surface area contributed by atoms with Gasteiger partial charge in [0, 0.05) is 11.4 Å². The first-order valence-electron chi connectivity index (χ1n) is 8.42. The Hall–Kier alpha value is -2.33. The number of nitrogens with zero attached hydrogens (tertiary/aromatic N) is 2. The molecule has 0 atom stereocenters. The lowest BCUT2D eigenvalue weighted by Gasteiger charge is -2.36. The molecule has 2 rings (SSSR count). The van der Waals surface area contributed by atoms with Crippen molar-refractivity contribution in [1.82, 2.24) is 4.57 Å². The Kier molecular flexibility index (Phi) is 5.47. The van der Waals surface area contributed by atoms with Crippen LogP contribution in [0.15, 0.2) is 30.3 Å². The Morgan fingerprint density at radius 3 is 2.19 bits per heavy atom. The lowest BCUT2D eigenvalue weighted by Crippen LogP contribution is -2.43. The molecule has 4 nitrogen and oxygen atoms in total. The highest BCUT2D eigenvalue weighted by molar-refractivity contribution is 6.74. The molecular weight excluding hydrogens is 352 g/mol. The first-order chi connectivity index (χ1) is 12.0. The van der Waals surface area contributed by atoms with Crippen LogP contribution < -0.4 is 9.74 Å². The van der Waals surface area contributed by atoms with E-state index in [9.17, 15) is 8.78 Å². The number of benzene rings is 1. The number of halogens is 2. The van der Waals surface area contributed by atoms with Crippen LogP contribution in [-0.4, -0.2) is 12.9 Å². The molecule has 0 unspecified atom stereocenters. The largest absolute Gasteiger partial charge is 0.544 e. The fraction of sp³-hybridized carbons (Fsp3) is 0.421. The smallest absolute Gasteiger partial charge is 0.319 e. The SMILES string of the molecule is Cc1c(Nc2ccc(O[Si](C)(C)C(C)(C)C)cc2)cc(C#N)n1C(F)F. The summed E-state index contributed by atoms with van der Waals surface area (Å²) < 4.78 is 33.2. The minimum atomic E-state index is -2.75. The second kappa shape index (κ2) is 7.12. The van der Waals surface area contributed by atoms with Crippen LogP contribution in [0.4, 0.5) is 20.2 Å². The van der Waals surface area contributed by atoms with Crippen molar-refractivity contribution in [3.05, 3.63) is 41.7 Å². The Bertz CT molecular complexity index is 815. The fourth-order valence-corrected chi connectivity index (χ4v) is 3.33. The van der Waals surface area contributed by atoms with Gasteiger partial charge in [-0.2, -0.15) is 14.0 Å². The van der Waals surface area contributed by atoms with Crippen molar-refractivity contribution < 1.29 is 13.2 Å². The first kappa shape index (κ1) is 20.0. The second-order valence-electron chi connectivity index (χ2n) is 7.80. The molecule has 1 aromatic carbocycles. The van der Waals surface area contributed by atoms with Gasteiger partial charge in [-0.25, -0.2) is 0 Å². The standard InChI is InChI=1S/C19H25F2N3OSi/c1-13-17(11-15(12-22)24(13)18(20)21)23-14-7-9-16(10-8-14)25-26(5,6)19(2,3)4/h7-11,18,23H,1-6H3. The minimum absolute atomic E-state index is 0.0714. The van der Waals surface area contributed by atoms with Crippen LogP contribution >= 0.6 is 0 Å². The van der Waals surface area contributed by atoms with Crippen molar-refractivity contribution in [1.29, 1.82) is 5.26 Å². The molecule has 1 N–H and O–H groups in total. The molecule has 7 heteroatoms. The van der Waals surface area contributed by atoms with Crippen molar-refractivity contribution in [2.45, 2.75) is 52.4 Å². The second-order valence-corrected chi connectivity index (χ2v) is 12.5. The number of hydrogen-bond donors (Lipinski definition) is 1. The van der Waals surface area contributed by atoms with Gasteiger partial charge in [0.1, 0.15) is 17.5 Å². The van der Waals surface area contributed by atoms with E-state index in [4.69, 9.17) is 9.69 Å². The fourth-order valence-electron chi connectivity index (χ4n) is 2.29. The first-order valence-corrected chi connectivity index (χ1v) is 11.3. The van der Waals surface area contributed by atoms with Crippen LogP contribution in [0.25, 0.3) is 0 Å². The van der Waals surface area contributed by atoms with Crippen molar-refractivity contribution in [2.24, 2.45) is 0 Å². The number of anilines is 2. The van der Waals surface area contributed by atoms with Crippen molar-refractivity contribution in [3.8, 4) is 11.8 Å². The van der Waals surface area contributed by atoms with Gasteiger partial charge in [-0.1, -0.05) is 20.8 Å². The highest BCUT2D eigenvalue weighted by atomic mass is 28.4. The van der Waals surface area contributed by atoms with Gasteiger partial charge in [0.05, 0.1) is 5.69 Å². The van der Waals surface area contributed by atoms with E-state index in [1.54, 1.807) is 13.0 Å². The zero-order valence-electron chi connectivity index (χ0n) is 16.0. The highest BCUT2D eigenvalue weighted by Crippen LogP contribution is 2.37. The molecule has 26 heavy (non-hydrogen) atoms. The predicted molar refractivity (Wildman–Crippen MR) is 103 cm³/mol. The van der Waals surface area contributed by atoms with Crippen LogP contribution in [0.1, 0.15) is 38.7 Å². The lowest BCUT2D eigenvalue weighted by molar-refractivity contribution is 0.0679. The van der Waals surface area contributed by atoms with Crippen molar-refractivity contribution >= 4 is 19.7 Å². The number of rotatable bonds is 5. The maximum Gasteiger partial charge on any atom is 0.319 e. The minimum Gasteiger partial charge on any atom is -0.544 e. The molecule has 0 fully saturated rings. The van der Waals surface area contributed by atoms with Crippen molar-refractivity contribution in [2.75, 3.05) is 5.32 Å². The number of hydrogen-bond acceptors (Lipinski definition) is 3. The molecule has 1 heterocycles. The molecule has 1 aromatic heterocycles. The summed E-state index contributed by atoms with van der Waals surface area (Å²) in [6.45, 7) is 9.71. The summed E-state index contributed by atoms with van der Waals surface area (Å²) in [7, 11) is -1.91.